The standard InChI is InChI=1S/C19H25N3O3/c1-24-12-4-9-22-19(23)16-8-11-21-18(14-16)20-10-7-15-5-3-6-17(13-15)25-2/h3,5-6,8,11,13-14H,4,7,9-10,12H2,1-2H3,(H,20,21)(H,22,23). The van der Waals surface area contributed by atoms with Crippen LogP contribution in [0.4, 0.5) is 5.82 Å². The Kier molecular flexibility index (Phi) is 7.72. The maximum absolute atomic E-state index is 12.1. The number of aromatic nitrogens is 1. The lowest BCUT2D eigenvalue weighted by molar-refractivity contribution is 0.0948. The zero-order valence-electron chi connectivity index (χ0n) is 14.7. The first-order chi connectivity index (χ1) is 12.2. The molecule has 134 valence electrons. The van der Waals surface area contributed by atoms with Crippen LogP contribution in [0.3, 0.4) is 0 Å². The number of carbonyl (C=O) groups excluding carboxylic acids is 1. The van der Waals surface area contributed by atoms with Gasteiger partial charge in [0.25, 0.3) is 5.91 Å². The molecular formula is C19H25N3O3. The molecule has 0 radical (unpaired) electrons. The summed E-state index contributed by atoms with van der Waals surface area (Å²) in [6.45, 7) is 1.94. The molecule has 0 saturated carbocycles. The van der Waals surface area contributed by atoms with Crippen LogP contribution in [0.2, 0.25) is 0 Å². The van der Waals surface area contributed by atoms with Gasteiger partial charge in [0.05, 0.1) is 7.11 Å². The molecule has 0 fully saturated rings. The van der Waals surface area contributed by atoms with Gasteiger partial charge >= 0.3 is 0 Å². The summed E-state index contributed by atoms with van der Waals surface area (Å²) in [5.74, 6) is 1.43. The number of amides is 1. The van der Waals surface area contributed by atoms with Gasteiger partial charge in [-0.3, -0.25) is 4.79 Å². The van der Waals surface area contributed by atoms with Crippen molar-refractivity contribution in [1.29, 1.82) is 0 Å². The van der Waals surface area contributed by atoms with E-state index in [1.807, 2.05) is 18.2 Å². The van der Waals surface area contributed by atoms with Crippen molar-refractivity contribution in [2.75, 3.05) is 39.2 Å². The van der Waals surface area contributed by atoms with E-state index < -0.39 is 0 Å². The molecule has 2 aromatic rings. The Labute approximate surface area is 148 Å². The summed E-state index contributed by atoms with van der Waals surface area (Å²) >= 11 is 0. The molecule has 2 N–H and O–H groups in total. The monoisotopic (exact) mass is 343 g/mol. The van der Waals surface area contributed by atoms with E-state index in [9.17, 15) is 4.79 Å². The van der Waals surface area contributed by atoms with E-state index in [0.717, 1.165) is 25.1 Å². The zero-order valence-corrected chi connectivity index (χ0v) is 14.7. The molecule has 0 spiro atoms. The van der Waals surface area contributed by atoms with Crippen molar-refractivity contribution in [2.24, 2.45) is 0 Å². The van der Waals surface area contributed by atoms with Gasteiger partial charge in [0.2, 0.25) is 0 Å². The normalized spacial score (nSPS) is 10.3. The summed E-state index contributed by atoms with van der Waals surface area (Å²) in [5, 5.41) is 6.12. The molecular weight excluding hydrogens is 318 g/mol. The second-order valence-corrected chi connectivity index (χ2v) is 5.56. The highest BCUT2D eigenvalue weighted by atomic mass is 16.5. The van der Waals surface area contributed by atoms with E-state index in [-0.39, 0.29) is 5.91 Å². The van der Waals surface area contributed by atoms with Crippen molar-refractivity contribution in [3.63, 3.8) is 0 Å². The summed E-state index contributed by atoms with van der Waals surface area (Å²) in [5.41, 5.74) is 1.77. The number of pyridine rings is 1. The predicted molar refractivity (Wildman–Crippen MR) is 98.3 cm³/mol. The molecule has 0 aliphatic rings. The second-order valence-electron chi connectivity index (χ2n) is 5.56. The van der Waals surface area contributed by atoms with Crippen LogP contribution in [-0.4, -0.2) is 44.8 Å². The lowest BCUT2D eigenvalue weighted by Gasteiger charge is -2.09. The van der Waals surface area contributed by atoms with Crippen molar-refractivity contribution < 1.29 is 14.3 Å². The van der Waals surface area contributed by atoms with E-state index in [4.69, 9.17) is 9.47 Å². The van der Waals surface area contributed by atoms with Gasteiger partial charge < -0.3 is 20.1 Å². The number of methoxy groups -OCH3 is 2. The molecule has 0 saturated heterocycles. The third kappa shape index (κ3) is 6.43. The van der Waals surface area contributed by atoms with Gasteiger partial charge in [-0.25, -0.2) is 4.98 Å². The van der Waals surface area contributed by atoms with Crippen molar-refractivity contribution in [3.05, 3.63) is 53.7 Å². The number of hydrogen-bond donors (Lipinski definition) is 2. The maximum atomic E-state index is 12.1. The Bertz CT molecular complexity index is 676. The third-order valence-electron chi connectivity index (χ3n) is 3.69. The Morgan fingerprint density at radius 1 is 1.16 bits per heavy atom. The van der Waals surface area contributed by atoms with Crippen LogP contribution in [0, 0.1) is 0 Å². The zero-order chi connectivity index (χ0) is 17.9. The van der Waals surface area contributed by atoms with Gasteiger partial charge in [-0.15, -0.1) is 0 Å². The fraction of sp³-hybridized carbons (Fsp3) is 0.368. The smallest absolute Gasteiger partial charge is 0.251 e. The van der Waals surface area contributed by atoms with E-state index >= 15 is 0 Å². The minimum atomic E-state index is -0.102. The molecule has 1 aromatic carbocycles. The molecule has 0 bridgehead atoms. The van der Waals surface area contributed by atoms with Crippen LogP contribution in [0.25, 0.3) is 0 Å². The number of nitrogens with one attached hydrogen (secondary N) is 2. The van der Waals surface area contributed by atoms with E-state index in [0.29, 0.717) is 24.5 Å². The highest BCUT2D eigenvalue weighted by Crippen LogP contribution is 2.13. The van der Waals surface area contributed by atoms with E-state index in [1.54, 1.807) is 32.5 Å². The minimum absolute atomic E-state index is 0.102. The van der Waals surface area contributed by atoms with Gasteiger partial charge in [-0.05, 0) is 42.7 Å². The van der Waals surface area contributed by atoms with E-state index in [2.05, 4.69) is 21.7 Å². The Morgan fingerprint density at radius 2 is 2.04 bits per heavy atom. The van der Waals surface area contributed by atoms with Crippen molar-refractivity contribution in [2.45, 2.75) is 12.8 Å². The fourth-order valence-corrected chi connectivity index (χ4v) is 2.35. The largest absolute Gasteiger partial charge is 0.497 e. The van der Waals surface area contributed by atoms with Crippen LogP contribution in [0.5, 0.6) is 5.75 Å². The van der Waals surface area contributed by atoms with Crippen LogP contribution in [-0.2, 0) is 11.2 Å². The average molecular weight is 343 g/mol. The van der Waals surface area contributed by atoms with Crippen molar-refractivity contribution in [3.8, 4) is 5.75 Å². The van der Waals surface area contributed by atoms with E-state index in [1.165, 1.54) is 5.56 Å². The first kappa shape index (κ1) is 18.7. The topological polar surface area (TPSA) is 72.5 Å². The van der Waals surface area contributed by atoms with Gasteiger partial charge in [0.1, 0.15) is 11.6 Å². The quantitative estimate of drug-likeness (QED) is 0.649. The molecule has 6 heteroatoms. The van der Waals surface area contributed by atoms with Crippen LogP contribution < -0.4 is 15.4 Å². The highest BCUT2D eigenvalue weighted by Gasteiger charge is 2.06. The Hall–Kier alpha value is -2.60. The summed E-state index contributed by atoms with van der Waals surface area (Å²) in [4.78, 5) is 16.4. The van der Waals surface area contributed by atoms with Gasteiger partial charge in [-0.1, -0.05) is 12.1 Å². The maximum Gasteiger partial charge on any atom is 0.251 e. The Balaban J connectivity index is 1.83. The molecule has 1 aromatic heterocycles. The number of anilines is 1. The fourth-order valence-electron chi connectivity index (χ4n) is 2.35. The molecule has 6 nitrogen and oxygen atoms in total. The molecule has 1 amide bonds. The third-order valence-corrected chi connectivity index (χ3v) is 3.69. The average Bonchev–Trinajstić information content (AvgIpc) is 2.65. The van der Waals surface area contributed by atoms with Crippen LogP contribution in [0.15, 0.2) is 42.6 Å². The number of rotatable bonds is 10. The number of benzene rings is 1. The van der Waals surface area contributed by atoms with Crippen molar-refractivity contribution >= 4 is 11.7 Å². The number of nitrogens with zero attached hydrogens (tertiary/aromatic N) is 1. The summed E-state index contributed by atoms with van der Waals surface area (Å²) in [6.07, 6.45) is 3.27. The summed E-state index contributed by atoms with van der Waals surface area (Å²) < 4.78 is 10.2. The molecule has 0 unspecified atom stereocenters. The van der Waals surface area contributed by atoms with Crippen molar-refractivity contribution in [1.82, 2.24) is 10.3 Å². The predicted octanol–water partition coefficient (Wildman–Crippen LogP) is 2.51. The molecule has 1 heterocycles. The number of ether oxygens (including phenoxy) is 2. The Morgan fingerprint density at radius 3 is 2.84 bits per heavy atom. The van der Waals surface area contributed by atoms with Crippen LogP contribution >= 0.6 is 0 Å². The first-order valence-electron chi connectivity index (χ1n) is 8.33. The SMILES string of the molecule is COCCCNC(=O)c1ccnc(NCCc2cccc(OC)c2)c1. The molecule has 0 aliphatic carbocycles. The lowest BCUT2D eigenvalue weighted by Crippen LogP contribution is -2.25. The molecule has 0 atom stereocenters. The first-order valence-corrected chi connectivity index (χ1v) is 8.33. The highest BCUT2D eigenvalue weighted by molar-refractivity contribution is 5.94. The van der Waals surface area contributed by atoms with Gasteiger partial charge in [0, 0.05) is 38.6 Å². The number of hydrogen-bond acceptors (Lipinski definition) is 5. The van der Waals surface area contributed by atoms with Gasteiger partial charge in [-0.2, -0.15) is 0 Å². The van der Waals surface area contributed by atoms with Gasteiger partial charge in [0.15, 0.2) is 0 Å². The summed E-state index contributed by atoms with van der Waals surface area (Å²) in [6, 6.07) is 11.4. The number of carbonyl (C=O) groups is 1. The molecule has 25 heavy (non-hydrogen) atoms. The van der Waals surface area contributed by atoms with Crippen LogP contribution in [0.1, 0.15) is 22.3 Å². The molecule has 2 rings (SSSR count). The minimum Gasteiger partial charge on any atom is -0.497 e. The lowest BCUT2D eigenvalue weighted by atomic mass is 10.1. The second kappa shape index (κ2) is 10.3. The molecule has 0 aliphatic heterocycles. The summed E-state index contributed by atoms with van der Waals surface area (Å²) in [7, 11) is 3.31.